The SMILES string of the molecule is C=CC/N=C(/C)c1cc(C2=CC(=C)CC(=O)C=C2)c(C)cc1C(=C)C. The summed E-state index contributed by atoms with van der Waals surface area (Å²) in [6.07, 6.45) is 7.66. The van der Waals surface area contributed by atoms with E-state index in [1.807, 2.05) is 26.0 Å². The van der Waals surface area contributed by atoms with E-state index in [0.717, 1.165) is 44.7 Å². The third-order valence-electron chi connectivity index (χ3n) is 4.19. The number of hydrogen-bond donors (Lipinski definition) is 0. The Balaban J connectivity index is 2.66. The zero-order valence-corrected chi connectivity index (χ0v) is 15.4. The number of hydrogen-bond acceptors (Lipinski definition) is 2. The summed E-state index contributed by atoms with van der Waals surface area (Å²) in [5, 5.41) is 0. The molecule has 0 saturated carbocycles. The van der Waals surface area contributed by atoms with Crippen molar-refractivity contribution in [1.29, 1.82) is 0 Å². The first-order chi connectivity index (χ1) is 11.8. The number of aryl methyl sites for hydroxylation is 1. The standard InChI is InChI=1S/C23H25NO/c1-7-10-24-18(6)23-14-22(17(5)13-21(23)15(2)3)19-8-9-20(25)12-16(4)11-19/h7-9,11,13-14H,1-2,4,10,12H2,3,5-6H3/b24-18-. The molecule has 0 N–H and O–H groups in total. The maximum atomic E-state index is 11.8. The van der Waals surface area contributed by atoms with Crippen LogP contribution >= 0.6 is 0 Å². The Bertz CT molecular complexity index is 847. The number of ketones is 1. The molecule has 0 fully saturated rings. The van der Waals surface area contributed by atoms with Crippen molar-refractivity contribution >= 4 is 22.6 Å². The molecule has 25 heavy (non-hydrogen) atoms. The smallest absolute Gasteiger partial charge is 0.160 e. The predicted octanol–water partition coefficient (Wildman–Crippen LogP) is 5.49. The van der Waals surface area contributed by atoms with E-state index < -0.39 is 0 Å². The van der Waals surface area contributed by atoms with Gasteiger partial charge in [-0.3, -0.25) is 9.79 Å². The summed E-state index contributed by atoms with van der Waals surface area (Å²) < 4.78 is 0. The Kier molecular flexibility index (Phi) is 5.87. The van der Waals surface area contributed by atoms with E-state index in [4.69, 9.17) is 0 Å². The van der Waals surface area contributed by atoms with Gasteiger partial charge in [-0.1, -0.05) is 43.0 Å². The molecule has 0 aliphatic heterocycles. The zero-order chi connectivity index (χ0) is 18.6. The van der Waals surface area contributed by atoms with E-state index >= 15 is 0 Å². The van der Waals surface area contributed by atoms with Gasteiger partial charge in [0.1, 0.15) is 0 Å². The van der Waals surface area contributed by atoms with Gasteiger partial charge in [0.15, 0.2) is 5.78 Å². The molecule has 0 amide bonds. The number of allylic oxidation sites excluding steroid dienone is 6. The Morgan fingerprint density at radius 2 is 1.96 bits per heavy atom. The lowest BCUT2D eigenvalue weighted by Gasteiger charge is -2.16. The number of aliphatic imine (C=N–C) groups is 1. The molecule has 2 rings (SSSR count). The van der Waals surface area contributed by atoms with Crippen LogP contribution in [0.4, 0.5) is 0 Å². The van der Waals surface area contributed by atoms with Crippen LogP contribution in [-0.2, 0) is 4.79 Å². The lowest BCUT2D eigenvalue weighted by molar-refractivity contribution is -0.113. The summed E-state index contributed by atoms with van der Waals surface area (Å²) in [6, 6.07) is 4.28. The van der Waals surface area contributed by atoms with E-state index in [0.29, 0.717) is 13.0 Å². The van der Waals surface area contributed by atoms with Gasteiger partial charge in [-0.2, -0.15) is 0 Å². The monoisotopic (exact) mass is 331 g/mol. The first-order valence-corrected chi connectivity index (χ1v) is 8.37. The predicted molar refractivity (Wildman–Crippen MR) is 109 cm³/mol. The second-order valence-electron chi connectivity index (χ2n) is 6.44. The molecule has 0 radical (unpaired) electrons. The number of benzene rings is 1. The second kappa shape index (κ2) is 7.89. The maximum absolute atomic E-state index is 11.8. The number of carbonyl (C=O) groups is 1. The van der Waals surface area contributed by atoms with E-state index in [1.165, 1.54) is 0 Å². The Hall–Kier alpha value is -2.74. The van der Waals surface area contributed by atoms with Crippen LogP contribution < -0.4 is 0 Å². The molecule has 0 saturated heterocycles. The Morgan fingerprint density at radius 1 is 1.24 bits per heavy atom. The first kappa shape index (κ1) is 18.6. The van der Waals surface area contributed by atoms with Gasteiger partial charge in [0, 0.05) is 17.7 Å². The van der Waals surface area contributed by atoms with Crippen LogP contribution in [0.25, 0.3) is 11.1 Å². The highest BCUT2D eigenvalue weighted by atomic mass is 16.1. The van der Waals surface area contributed by atoms with Crippen molar-refractivity contribution < 1.29 is 4.79 Å². The molecule has 2 nitrogen and oxygen atoms in total. The first-order valence-electron chi connectivity index (χ1n) is 8.37. The van der Waals surface area contributed by atoms with Crippen molar-refractivity contribution in [3.8, 4) is 0 Å². The molecule has 0 heterocycles. The molecule has 1 aliphatic rings. The summed E-state index contributed by atoms with van der Waals surface area (Å²) in [4.78, 5) is 16.3. The fraction of sp³-hybridized carbons (Fsp3) is 0.217. The molecule has 1 aliphatic carbocycles. The molecule has 0 spiro atoms. The summed E-state index contributed by atoms with van der Waals surface area (Å²) >= 11 is 0. The average molecular weight is 331 g/mol. The van der Waals surface area contributed by atoms with E-state index in [1.54, 1.807) is 12.2 Å². The van der Waals surface area contributed by atoms with Gasteiger partial charge in [0.05, 0.1) is 6.54 Å². The number of nitrogens with zero attached hydrogens (tertiary/aromatic N) is 1. The van der Waals surface area contributed by atoms with Gasteiger partial charge in [-0.15, -0.1) is 6.58 Å². The van der Waals surface area contributed by atoms with Crippen LogP contribution in [-0.4, -0.2) is 18.0 Å². The number of rotatable bonds is 5. The number of carbonyl (C=O) groups excluding carboxylic acids is 1. The minimum Gasteiger partial charge on any atom is -0.294 e. The van der Waals surface area contributed by atoms with Gasteiger partial charge < -0.3 is 0 Å². The van der Waals surface area contributed by atoms with Crippen LogP contribution in [0.5, 0.6) is 0 Å². The highest BCUT2D eigenvalue weighted by Crippen LogP contribution is 2.30. The van der Waals surface area contributed by atoms with E-state index in [-0.39, 0.29) is 5.78 Å². The quantitative estimate of drug-likeness (QED) is 0.518. The third kappa shape index (κ3) is 4.42. The minimum absolute atomic E-state index is 0.0800. The molecule has 0 atom stereocenters. The van der Waals surface area contributed by atoms with Gasteiger partial charge in [0.25, 0.3) is 0 Å². The Labute approximate surface area is 150 Å². The summed E-state index contributed by atoms with van der Waals surface area (Å²) in [7, 11) is 0. The highest BCUT2D eigenvalue weighted by molar-refractivity contribution is 6.04. The molecule has 0 unspecified atom stereocenters. The zero-order valence-electron chi connectivity index (χ0n) is 15.4. The maximum Gasteiger partial charge on any atom is 0.160 e. The topological polar surface area (TPSA) is 29.4 Å². The summed E-state index contributed by atoms with van der Waals surface area (Å²) in [6.45, 7) is 18.5. The molecule has 0 bridgehead atoms. The fourth-order valence-corrected chi connectivity index (χ4v) is 2.91. The van der Waals surface area contributed by atoms with Crippen molar-refractivity contribution in [2.24, 2.45) is 4.99 Å². The lowest BCUT2D eigenvalue weighted by Crippen LogP contribution is -2.04. The van der Waals surface area contributed by atoms with E-state index in [2.05, 4.69) is 43.8 Å². The molecular formula is C23H25NO. The van der Waals surface area contributed by atoms with Crippen molar-refractivity contribution in [1.82, 2.24) is 0 Å². The molecule has 1 aromatic rings. The van der Waals surface area contributed by atoms with Crippen LogP contribution in [0.15, 0.2) is 66.7 Å². The highest BCUT2D eigenvalue weighted by Gasteiger charge is 2.14. The van der Waals surface area contributed by atoms with Crippen LogP contribution in [0.2, 0.25) is 0 Å². The largest absolute Gasteiger partial charge is 0.294 e. The van der Waals surface area contributed by atoms with Crippen LogP contribution in [0.3, 0.4) is 0 Å². The molecule has 128 valence electrons. The van der Waals surface area contributed by atoms with Crippen molar-refractivity contribution in [2.45, 2.75) is 27.2 Å². The van der Waals surface area contributed by atoms with E-state index in [9.17, 15) is 4.79 Å². The summed E-state index contributed by atoms with van der Waals surface area (Å²) in [5.74, 6) is 0.0800. The van der Waals surface area contributed by atoms with Gasteiger partial charge in [0.2, 0.25) is 0 Å². The average Bonchev–Trinajstić information content (AvgIpc) is 2.72. The van der Waals surface area contributed by atoms with Gasteiger partial charge >= 0.3 is 0 Å². The molecule has 2 heteroatoms. The van der Waals surface area contributed by atoms with Crippen molar-refractivity contribution in [2.75, 3.05) is 6.54 Å². The normalized spacial score (nSPS) is 15.0. The lowest BCUT2D eigenvalue weighted by atomic mass is 9.89. The van der Waals surface area contributed by atoms with Gasteiger partial charge in [-0.05, 0) is 60.8 Å². The fourth-order valence-electron chi connectivity index (χ4n) is 2.91. The summed E-state index contributed by atoms with van der Waals surface area (Å²) in [5.41, 5.74) is 8.16. The Morgan fingerprint density at radius 3 is 2.60 bits per heavy atom. The molecule has 0 aromatic heterocycles. The van der Waals surface area contributed by atoms with Gasteiger partial charge in [-0.25, -0.2) is 0 Å². The molecule has 1 aromatic carbocycles. The van der Waals surface area contributed by atoms with Crippen LogP contribution in [0, 0.1) is 6.92 Å². The minimum atomic E-state index is 0.0800. The molecular weight excluding hydrogens is 306 g/mol. The second-order valence-corrected chi connectivity index (χ2v) is 6.44. The third-order valence-corrected chi connectivity index (χ3v) is 4.19. The van der Waals surface area contributed by atoms with Crippen molar-refractivity contribution in [3.05, 3.63) is 84.0 Å². The van der Waals surface area contributed by atoms with Crippen molar-refractivity contribution in [3.63, 3.8) is 0 Å². The van der Waals surface area contributed by atoms with Crippen LogP contribution in [0.1, 0.15) is 42.5 Å².